The minimum Gasteiger partial charge on any atom is -0.367 e. The lowest BCUT2D eigenvalue weighted by molar-refractivity contribution is -0.114. The topological polar surface area (TPSA) is 32.3 Å². The number of carbonyl (C=O) groups excluding carboxylic acids is 1. The van der Waals surface area contributed by atoms with Gasteiger partial charge in [0, 0.05) is 31.4 Å². The van der Waals surface area contributed by atoms with Crippen LogP contribution in [0.15, 0.2) is 54.6 Å². The predicted octanol–water partition coefficient (Wildman–Crippen LogP) is 3.67. The molecular formula is C17H20N2O. The van der Waals surface area contributed by atoms with Crippen molar-refractivity contribution >= 4 is 17.3 Å². The molecule has 0 aliphatic carbocycles. The Bertz CT molecular complexity index is 549. The van der Waals surface area contributed by atoms with Crippen molar-refractivity contribution in [2.75, 3.05) is 16.8 Å². The van der Waals surface area contributed by atoms with E-state index in [0.29, 0.717) is 0 Å². The molecule has 2 rings (SSSR count). The second-order valence-electron chi connectivity index (χ2n) is 4.73. The van der Waals surface area contributed by atoms with Gasteiger partial charge in [0.25, 0.3) is 0 Å². The van der Waals surface area contributed by atoms with E-state index in [2.05, 4.69) is 41.4 Å². The van der Waals surface area contributed by atoms with Crippen LogP contribution in [-0.2, 0) is 11.3 Å². The van der Waals surface area contributed by atoms with Crippen LogP contribution in [-0.4, -0.2) is 12.5 Å². The number of carbonyl (C=O) groups is 1. The molecule has 0 aliphatic rings. The number of hydrogen-bond acceptors (Lipinski definition) is 2. The Labute approximate surface area is 120 Å². The SMILES string of the molecule is CCN(Cc1ccccc1)c1ccc(NC(C)=O)cc1. The molecule has 0 heterocycles. The average Bonchev–Trinajstić information content (AvgIpc) is 2.46. The van der Waals surface area contributed by atoms with Crippen LogP contribution >= 0.6 is 0 Å². The average molecular weight is 268 g/mol. The first-order valence-corrected chi connectivity index (χ1v) is 6.85. The molecular weight excluding hydrogens is 248 g/mol. The van der Waals surface area contributed by atoms with Crippen molar-refractivity contribution in [1.82, 2.24) is 0 Å². The molecule has 0 radical (unpaired) electrons. The summed E-state index contributed by atoms with van der Waals surface area (Å²) in [6, 6.07) is 18.4. The van der Waals surface area contributed by atoms with Crippen LogP contribution in [0.1, 0.15) is 19.4 Å². The number of amides is 1. The van der Waals surface area contributed by atoms with Gasteiger partial charge >= 0.3 is 0 Å². The highest BCUT2D eigenvalue weighted by molar-refractivity contribution is 5.88. The second-order valence-corrected chi connectivity index (χ2v) is 4.73. The fraction of sp³-hybridized carbons (Fsp3) is 0.235. The molecule has 0 atom stereocenters. The monoisotopic (exact) mass is 268 g/mol. The molecule has 1 N–H and O–H groups in total. The van der Waals surface area contributed by atoms with Gasteiger partial charge in [0.05, 0.1) is 0 Å². The quantitative estimate of drug-likeness (QED) is 0.897. The van der Waals surface area contributed by atoms with E-state index in [1.807, 2.05) is 30.3 Å². The molecule has 0 saturated carbocycles. The highest BCUT2D eigenvalue weighted by atomic mass is 16.1. The minimum atomic E-state index is -0.0469. The zero-order valence-electron chi connectivity index (χ0n) is 12.0. The molecule has 0 bridgehead atoms. The van der Waals surface area contributed by atoms with Gasteiger partial charge < -0.3 is 10.2 Å². The third-order valence-electron chi connectivity index (χ3n) is 3.15. The number of rotatable bonds is 5. The first kappa shape index (κ1) is 14.1. The largest absolute Gasteiger partial charge is 0.367 e. The van der Waals surface area contributed by atoms with Crippen molar-refractivity contribution < 1.29 is 4.79 Å². The van der Waals surface area contributed by atoms with Gasteiger partial charge in [-0.3, -0.25) is 4.79 Å². The Morgan fingerprint density at radius 3 is 2.25 bits per heavy atom. The number of benzene rings is 2. The Morgan fingerprint density at radius 1 is 1.05 bits per heavy atom. The summed E-state index contributed by atoms with van der Waals surface area (Å²) >= 11 is 0. The van der Waals surface area contributed by atoms with Gasteiger partial charge in [-0.25, -0.2) is 0 Å². The summed E-state index contributed by atoms with van der Waals surface area (Å²) < 4.78 is 0. The number of nitrogens with one attached hydrogen (secondary N) is 1. The summed E-state index contributed by atoms with van der Waals surface area (Å²) in [6.07, 6.45) is 0. The van der Waals surface area contributed by atoms with E-state index >= 15 is 0 Å². The smallest absolute Gasteiger partial charge is 0.221 e. The van der Waals surface area contributed by atoms with Gasteiger partial charge in [0.15, 0.2) is 0 Å². The molecule has 2 aromatic carbocycles. The van der Waals surface area contributed by atoms with Gasteiger partial charge in [0.1, 0.15) is 0 Å². The van der Waals surface area contributed by atoms with Crippen molar-refractivity contribution in [1.29, 1.82) is 0 Å². The summed E-state index contributed by atoms with van der Waals surface area (Å²) in [7, 11) is 0. The molecule has 0 spiro atoms. The van der Waals surface area contributed by atoms with Gasteiger partial charge in [-0.15, -0.1) is 0 Å². The van der Waals surface area contributed by atoms with Gasteiger partial charge in [-0.1, -0.05) is 30.3 Å². The van der Waals surface area contributed by atoms with Gasteiger partial charge in [0.2, 0.25) is 5.91 Å². The normalized spacial score (nSPS) is 10.1. The van der Waals surface area contributed by atoms with E-state index in [9.17, 15) is 4.79 Å². The first-order chi connectivity index (χ1) is 9.69. The van der Waals surface area contributed by atoms with Gasteiger partial charge in [-0.2, -0.15) is 0 Å². The maximum absolute atomic E-state index is 11.0. The fourth-order valence-corrected chi connectivity index (χ4v) is 2.15. The lowest BCUT2D eigenvalue weighted by Crippen LogP contribution is -2.21. The lowest BCUT2D eigenvalue weighted by atomic mass is 10.2. The summed E-state index contributed by atoms with van der Waals surface area (Å²) in [5.41, 5.74) is 3.28. The molecule has 20 heavy (non-hydrogen) atoms. The van der Waals surface area contributed by atoms with Crippen LogP contribution in [0.25, 0.3) is 0 Å². The van der Waals surface area contributed by atoms with Crippen LogP contribution in [0.2, 0.25) is 0 Å². The summed E-state index contributed by atoms with van der Waals surface area (Å²) in [5.74, 6) is -0.0469. The van der Waals surface area contributed by atoms with Gasteiger partial charge in [-0.05, 0) is 36.8 Å². The van der Waals surface area contributed by atoms with E-state index < -0.39 is 0 Å². The molecule has 2 aromatic rings. The summed E-state index contributed by atoms with van der Waals surface area (Å²) in [4.78, 5) is 13.3. The van der Waals surface area contributed by atoms with Crippen molar-refractivity contribution in [2.24, 2.45) is 0 Å². The van der Waals surface area contributed by atoms with Crippen molar-refractivity contribution in [3.05, 3.63) is 60.2 Å². The van der Waals surface area contributed by atoms with E-state index in [4.69, 9.17) is 0 Å². The molecule has 0 fully saturated rings. The molecule has 104 valence electrons. The van der Waals surface area contributed by atoms with Crippen molar-refractivity contribution in [2.45, 2.75) is 20.4 Å². The van der Waals surface area contributed by atoms with Crippen LogP contribution in [0, 0.1) is 0 Å². The standard InChI is InChI=1S/C17H20N2O/c1-3-19(13-15-7-5-4-6-8-15)17-11-9-16(10-12-17)18-14(2)20/h4-12H,3,13H2,1-2H3,(H,18,20). The molecule has 0 aliphatic heterocycles. The number of hydrogen-bond donors (Lipinski definition) is 1. The molecule has 3 nitrogen and oxygen atoms in total. The third-order valence-corrected chi connectivity index (χ3v) is 3.15. The number of nitrogens with zero attached hydrogens (tertiary/aromatic N) is 1. The van der Waals surface area contributed by atoms with Crippen LogP contribution in [0.3, 0.4) is 0 Å². The highest BCUT2D eigenvalue weighted by Crippen LogP contribution is 2.20. The maximum atomic E-state index is 11.0. The molecule has 1 amide bonds. The Hall–Kier alpha value is -2.29. The number of anilines is 2. The minimum absolute atomic E-state index is 0.0469. The van der Waals surface area contributed by atoms with E-state index in [-0.39, 0.29) is 5.91 Å². The highest BCUT2D eigenvalue weighted by Gasteiger charge is 2.05. The molecule has 0 aromatic heterocycles. The lowest BCUT2D eigenvalue weighted by Gasteiger charge is -2.23. The van der Waals surface area contributed by atoms with E-state index in [1.165, 1.54) is 12.5 Å². The van der Waals surface area contributed by atoms with E-state index in [1.54, 1.807) is 0 Å². The zero-order valence-corrected chi connectivity index (χ0v) is 12.0. The zero-order chi connectivity index (χ0) is 14.4. The molecule has 0 saturated heterocycles. The maximum Gasteiger partial charge on any atom is 0.221 e. The first-order valence-electron chi connectivity index (χ1n) is 6.85. The second kappa shape index (κ2) is 6.75. The summed E-state index contributed by atoms with van der Waals surface area (Å²) in [6.45, 7) is 5.48. The summed E-state index contributed by atoms with van der Waals surface area (Å²) in [5, 5.41) is 2.78. The van der Waals surface area contributed by atoms with Crippen LogP contribution < -0.4 is 10.2 Å². The Kier molecular flexibility index (Phi) is 4.77. The fourth-order valence-electron chi connectivity index (χ4n) is 2.15. The Morgan fingerprint density at radius 2 is 1.70 bits per heavy atom. The molecule has 0 unspecified atom stereocenters. The Balaban J connectivity index is 2.09. The van der Waals surface area contributed by atoms with Crippen molar-refractivity contribution in [3.63, 3.8) is 0 Å². The van der Waals surface area contributed by atoms with Crippen LogP contribution in [0.4, 0.5) is 11.4 Å². The third kappa shape index (κ3) is 3.85. The van der Waals surface area contributed by atoms with Crippen LogP contribution in [0.5, 0.6) is 0 Å². The van der Waals surface area contributed by atoms with E-state index in [0.717, 1.165) is 24.5 Å². The predicted molar refractivity (Wildman–Crippen MR) is 83.9 cm³/mol. The molecule has 3 heteroatoms. The van der Waals surface area contributed by atoms with Crippen molar-refractivity contribution in [3.8, 4) is 0 Å².